The van der Waals surface area contributed by atoms with Crippen molar-refractivity contribution in [3.8, 4) is 0 Å². The topological polar surface area (TPSA) is 82.3 Å². The molecule has 0 bridgehead atoms. The summed E-state index contributed by atoms with van der Waals surface area (Å²) in [7, 11) is 0. The minimum absolute atomic E-state index is 0.0676. The highest BCUT2D eigenvalue weighted by molar-refractivity contribution is 5.98. The number of benzene rings is 1. The number of carbonyl (C=O) groups is 1. The Bertz CT molecular complexity index is 548. The van der Waals surface area contributed by atoms with E-state index in [1.165, 1.54) is 0 Å². The first-order chi connectivity index (χ1) is 9.70. The molecule has 1 aromatic carbocycles. The van der Waals surface area contributed by atoms with Gasteiger partial charge in [0.15, 0.2) is 0 Å². The zero-order valence-electron chi connectivity index (χ0n) is 13.0. The standard InChI is InChI=1S/C15H21N3O3/c1-10(2)18(15(4,5)14(19)20)16-11(3)12-6-8-13(17-21)9-7-12/h6-10H,1-5H3,(H,19,20). The molecular weight excluding hydrogens is 270 g/mol. The summed E-state index contributed by atoms with van der Waals surface area (Å²) in [4.78, 5) is 21.8. The van der Waals surface area contributed by atoms with E-state index < -0.39 is 11.5 Å². The van der Waals surface area contributed by atoms with Crippen LogP contribution < -0.4 is 0 Å². The fourth-order valence-electron chi connectivity index (χ4n) is 1.97. The van der Waals surface area contributed by atoms with Crippen molar-refractivity contribution in [1.82, 2.24) is 5.01 Å². The predicted octanol–water partition coefficient (Wildman–Crippen LogP) is 3.38. The van der Waals surface area contributed by atoms with Crippen LogP contribution in [0.25, 0.3) is 0 Å². The average Bonchev–Trinajstić information content (AvgIpc) is 2.43. The number of aliphatic carboxylic acids is 1. The summed E-state index contributed by atoms with van der Waals surface area (Å²) in [5.41, 5.74) is 0.725. The number of nitrogens with zero attached hydrogens (tertiary/aromatic N) is 3. The maximum absolute atomic E-state index is 11.4. The van der Waals surface area contributed by atoms with Crippen LogP contribution in [0, 0.1) is 4.91 Å². The van der Waals surface area contributed by atoms with Crippen LogP contribution in [-0.4, -0.2) is 33.4 Å². The summed E-state index contributed by atoms with van der Waals surface area (Å²) in [6, 6.07) is 6.61. The van der Waals surface area contributed by atoms with E-state index in [1.54, 1.807) is 50.0 Å². The van der Waals surface area contributed by atoms with E-state index in [1.807, 2.05) is 13.8 Å². The van der Waals surface area contributed by atoms with E-state index in [4.69, 9.17) is 0 Å². The van der Waals surface area contributed by atoms with E-state index >= 15 is 0 Å². The Morgan fingerprint density at radius 3 is 2.14 bits per heavy atom. The lowest BCUT2D eigenvalue weighted by Crippen LogP contribution is -2.50. The molecule has 0 aliphatic rings. The van der Waals surface area contributed by atoms with Gasteiger partial charge in [0.25, 0.3) is 0 Å². The quantitative estimate of drug-likeness (QED) is 0.495. The van der Waals surface area contributed by atoms with Gasteiger partial charge >= 0.3 is 5.97 Å². The molecule has 6 heteroatoms. The molecule has 0 heterocycles. The number of hydrogen-bond acceptors (Lipinski definition) is 5. The SMILES string of the molecule is CC(=NN(C(C)C)C(C)(C)C(=O)O)c1ccc(N=O)cc1. The highest BCUT2D eigenvalue weighted by atomic mass is 16.4. The number of hydrogen-bond donors (Lipinski definition) is 1. The van der Waals surface area contributed by atoms with Crippen molar-refractivity contribution in [2.45, 2.75) is 46.2 Å². The molecule has 1 N–H and O–H groups in total. The van der Waals surface area contributed by atoms with E-state index in [9.17, 15) is 14.8 Å². The maximum Gasteiger partial charge on any atom is 0.330 e. The number of nitroso groups, excluding NO2 is 1. The molecule has 0 aromatic heterocycles. The third kappa shape index (κ3) is 3.87. The van der Waals surface area contributed by atoms with E-state index in [0.29, 0.717) is 11.4 Å². The van der Waals surface area contributed by atoms with Crippen molar-refractivity contribution in [3.05, 3.63) is 34.7 Å². The molecule has 1 rings (SSSR count). The third-order valence-electron chi connectivity index (χ3n) is 3.23. The molecule has 0 atom stereocenters. The Balaban J connectivity index is 3.15. The smallest absolute Gasteiger partial charge is 0.330 e. The molecule has 114 valence electrons. The molecule has 0 fully saturated rings. The van der Waals surface area contributed by atoms with Gasteiger partial charge in [-0.25, -0.2) is 4.79 Å². The van der Waals surface area contributed by atoms with Crippen molar-refractivity contribution >= 4 is 17.4 Å². The summed E-state index contributed by atoms with van der Waals surface area (Å²) >= 11 is 0. The monoisotopic (exact) mass is 291 g/mol. The number of hydrazone groups is 1. The molecule has 0 amide bonds. The fourth-order valence-corrected chi connectivity index (χ4v) is 1.97. The van der Waals surface area contributed by atoms with Crippen LogP contribution in [0.3, 0.4) is 0 Å². The van der Waals surface area contributed by atoms with Gasteiger partial charge in [0.05, 0.1) is 5.71 Å². The Labute approximate surface area is 124 Å². The van der Waals surface area contributed by atoms with Gasteiger partial charge in [0, 0.05) is 6.04 Å². The second-order valence-corrected chi connectivity index (χ2v) is 5.63. The Morgan fingerprint density at radius 1 is 1.24 bits per heavy atom. The summed E-state index contributed by atoms with van der Waals surface area (Å²) < 4.78 is 0. The van der Waals surface area contributed by atoms with Crippen LogP contribution in [0.5, 0.6) is 0 Å². The minimum atomic E-state index is -1.11. The normalized spacial score (nSPS) is 12.4. The first-order valence-corrected chi connectivity index (χ1v) is 6.72. The van der Waals surface area contributed by atoms with Crippen molar-refractivity contribution < 1.29 is 9.90 Å². The minimum Gasteiger partial charge on any atom is -0.479 e. The summed E-state index contributed by atoms with van der Waals surface area (Å²) in [5, 5.41) is 18.2. The highest BCUT2D eigenvalue weighted by Gasteiger charge is 2.35. The molecule has 0 saturated carbocycles. The van der Waals surface area contributed by atoms with Crippen LogP contribution in [0.15, 0.2) is 34.5 Å². The van der Waals surface area contributed by atoms with Gasteiger partial charge in [-0.3, -0.25) is 5.01 Å². The Kier molecular flexibility index (Phi) is 5.18. The van der Waals surface area contributed by atoms with Gasteiger partial charge in [-0.2, -0.15) is 5.10 Å². The van der Waals surface area contributed by atoms with E-state index in [2.05, 4.69) is 10.3 Å². The molecule has 0 aliphatic heterocycles. The number of carboxylic acids is 1. The predicted molar refractivity (Wildman–Crippen MR) is 82.8 cm³/mol. The number of rotatable bonds is 6. The van der Waals surface area contributed by atoms with Gasteiger partial charge < -0.3 is 5.11 Å². The summed E-state index contributed by atoms with van der Waals surface area (Å²) in [6.45, 7) is 8.81. The van der Waals surface area contributed by atoms with Crippen molar-refractivity contribution in [2.24, 2.45) is 10.3 Å². The van der Waals surface area contributed by atoms with E-state index in [-0.39, 0.29) is 6.04 Å². The molecule has 0 unspecified atom stereocenters. The molecule has 0 aliphatic carbocycles. The van der Waals surface area contributed by atoms with Crippen LogP contribution in [0.4, 0.5) is 5.69 Å². The zero-order valence-corrected chi connectivity index (χ0v) is 13.0. The zero-order chi connectivity index (χ0) is 16.2. The molecule has 21 heavy (non-hydrogen) atoms. The van der Waals surface area contributed by atoms with Crippen LogP contribution >= 0.6 is 0 Å². The molecular formula is C15H21N3O3. The molecule has 6 nitrogen and oxygen atoms in total. The largest absolute Gasteiger partial charge is 0.479 e. The highest BCUT2D eigenvalue weighted by Crippen LogP contribution is 2.20. The lowest BCUT2D eigenvalue weighted by molar-refractivity contribution is -0.150. The average molecular weight is 291 g/mol. The first kappa shape index (κ1) is 16.8. The van der Waals surface area contributed by atoms with E-state index in [0.717, 1.165) is 5.56 Å². The van der Waals surface area contributed by atoms with Gasteiger partial charge in [0.1, 0.15) is 11.2 Å². The second-order valence-electron chi connectivity index (χ2n) is 5.63. The molecule has 1 aromatic rings. The lowest BCUT2D eigenvalue weighted by atomic mass is 10.0. The van der Waals surface area contributed by atoms with Crippen LogP contribution in [0.2, 0.25) is 0 Å². The maximum atomic E-state index is 11.4. The second kappa shape index (κ2) is 6.47. The Morgan fingerprint density at radius 2 is 1.76 bits per heavy atom. The van der Waals surface area contributed by atoms with Crippen molar-refractivity contribution in [2.75, 3.05) is 0 Å². The van der Waals surface area contributed by atoms with Crippen LogP contribution in [-0.2, 0) is 4.79 Å². The summed E-state index contributed by atoms with van der Waals surface area (Å²) in [5.74, 6) is -0.937. The Hall–Kier alpha value is -2.24. The molecule has 0 radical (unpaired) electrons. The molecule has 0 spiro atoms. The fraction of sp³-hybridized carbons (Fsp3) is 0.467. The van der Waals surface area contributed by atoms with Crippen molar-refractivity contribution in [3.63, 3.8) is 0 Å². The van der Waals surface area contributed by atoms with Gasteiger partial charge in [-0.05, 0) is 57.5 Å². The van der Waals surface area contributed by atoms with Gasteiger partial charge in [0.2, 0.25) is 0 Å². The number of carboxylic acid groups (broad SMARTS) is 1. The van der Waals surface area contributed by atoms with Crippen molar-refractivity contribution in [1.29, 1.82) is 0 Å². The summed E-state index contributed by atoms with van der Waals surface area (Å²) in [6.07, 6.45) is 0. The van der Waals surface area contributed by atoms with Crippen LogP contribution in [0.1, 0.15) is 40.2 Å². The first-order valence-electron chi connectivity index (χ1n) is 6.72. The molecule has 0 saturated heterocycles. The third-order valence-corrected chi connectivity index (χ3v) is 3.23. The lowest BCUT2D eigenvalue weighted by Gasteiger charge is -2.36. The van der Waals surface area contributed by atoms with Gasteiger partial charge in [-0.15, -0.1) is 4.91 Å². The van der Waals surface area contributed by atoms with Gasteiger partial charge in [-0.1, -0.05) is 12.1 Å².